The lowest BCUT2D eigenvalue weighted by molar-refractivity contribution is -0.783. The highest BCUT2D eigenvalue weighted by atomic mass is 35.5. The third kappa shape index (κ3) is 2.10. The number of nitrogens with zero attached hydrogens (tertiary/aromatic N) is 2. The third-order valence-electron chi connectivity index (χ3n) is 6.24. The summed E-state index contributed by atoms with van der Waals surface area (Å²) >= 11 is 6.18. The van der Waals surface area contributed by atoms with E-state index in [1.54, 1.807) is 6.07 Å². The van der Waals surface area contributed by atoms with E-state index in [-0.39, 0.29) is 5.88 Å². The SMILES string of the molecule is [O-]c1n[n+]2c(c3ccccc13)OC(c1ccccc1)(c1ccc(Cl)cc1)C21CC1. The Morgan fingerprint density at radius 3 is 2.14 bits per heavy atom. The summed E-state index contributed by atoms with van der Waals surface area (Å²) in [5.41, 5.74) is 0.852. The molecule has 1 atom stereocenters. The van der Waals surface area contributed by atoms with Crippen LogP contribution in [0.25, 0.3) is 10.8 Å². The van der Waals surface area contributed by atoms with Gasteiger partial charge in [0.2, 0.25) is 11.1 Å². The quantitative estimate of drug-likeness (QED) is 0.476. The Morgan fingerprint density at radius 2 is 1.45 bits per heavy atom. The maximum Gasteiger partial charge on any atom is 0.403 e. The van der Waals surface area contributed by atoms with Gasteiger partial charge >= 0.3 is 5.88 Å². The lowest BCUT2D eigenvalue weighted by Crippen LogP contribution is -2.56. The predicted molar refractivity (Wildman–Crippen MR) is 108 cm³/mol. The fraction of sp³-hybridized carbons (Fsp3) is 0.167. The molecular weight excluding hydrogens is 384 g/mol. The monoisotopic (exact) mass is 400 g/mol. The molecule has 0 radical (unpaired) electrons. The van der Waals surface area contributed by atoms with Crippen molar-refractivity contribution >= 4 is 22.4 Å². The van der Waals surface area contributed by atoms with E-state index in [9.17, 15) is 5.11 Å². The average molecular weight is 401 g/mol. The highest BCUT2D eigenvalue weighted by molar-refractivity contribution is 6.30. The van der Waals surface area contributed by atoms with Crippen LogP contribution in [0.5, 0.6) is 11.8 Å². The summed E-state index contributed by atoms with van der Waals surface area (Å²) in [4.78, 5) is 0. The standard InChI is InChI=1S/C24H17ClN2O2/c25-18-12-10-17(11-13-18)24(16-6-2-1-3-7-16)23(14-15-23)27-22(29-24)20-9-5-4-8-19(20)21(28)26-27/h1-13H,14-15H2. The van der Waals surface area contributed by atoms with E-state index in [4.69, 9.17) is 16.3 Å². The smallest absolute Gasteiger partial charge is 0.403 e. The van der Waals surface area contributed by atoms with Crippen molar-refractivity contribution < 1.29 is 14.5 Å². The van der Waals surface area contributed by atoms with Crippen LogP contribution in [0.1, 0.15) is 24.0 Å². The summed E-state index contributed by atoms with van der Waals surface area (Å²) in [5.74, 6) is 0.427. The normalized spacial score (nSPS) is 21.1. The second-order valence-electron chi connectivity index (χ2n) is 7.76. The van der Waals surface area contributed by atoms with E-state index in [0.717, 1.165) is 29.4 Å². The molecule has 0 amide bonds. The number of hydrogen-bond donors (Lipinski definition) is 0. The number of fused-ring (bicyclic) bond motifs is 4. The van der Waals surface area contributed by atoms with Crippen molar-refractivity contribution in [3.63, 3.8) is 0 Å². The third-order valence-corrected chi connectivity index (χ3v) is 6.49. The molecular formula is C24H17ClN2O2. The molecule has 2 aliphatic rings. The van der Waals surface area contributed by atoms with Gasteiger partial charge in [0.1, 0.15) is 0 Å². The van der Waals surface area contributed by atoms with Gasteiger partial charge in [0.25, 0.3) is 0 Å². The van der Waals surface area contributed by atoms with E-state index in [1.807, 2.05) is 65.3 Å². The van der Waals surface area contributed by atoms with Crippen LogP contribution < -0.4 is 14.5 Å². The molecule has 1 unspecified atom stereocenters. The number of hydrogen-bond acceptors (Lipinski definition) is 3. The Kier molecular flexibility index (Phi) is 3.31. The van der Waals surface area contributed by atoms with E-state index >= 15 is 0 Å². The van der Waals surface area contributed by atoms with Gasteiger partial charge in [-0.2, -0.15) is 0 Å². The Hall–Kier alpha value is -3.11. The molecule has 1 aliphatic heterocycles. The first-order valence-corrected chi connectivity index (χ1v) is 10.1. The predicted octanol–water partition coefficient (Wildman–Crippen LogP) is 4.07. The number of halogens is 1. The topological polar surface area (TPSA) is 49.1 Å². The van der Waals surface area contributed by atoms with Crippen LogP contribution in [0.2, 0.25) is 5.02 Å². The molecule has 1 aromatic heterocycles. The van der Waals surface area contributed by atoms with Gasteiger partial charge in [-0.1, -0.05) is 72.3 Å². The van der Waals surface area contributed by atoms with Gasteiger partial charge in [0.15, 0.2) is 0 Å². The van der Waals surface area contributed by atoms with Crippen molar-refractivity contribution in [2.75, 3.05) is 0 Å². The van der Waals surface area contributed by atoms with Crippen LogP contribution in [0, 0.1) is 0 Å². The molecule has 1 spiro atoms. The average Bonchev–Trinajstić information content (AvgIpc) is 3.51. The van der Waals surface area contributed by atoms with Crippen LogP contribution in [0.3, 0.4) is 0 Å². The van der Waals surface area contributed by atoms with Crippen molar-refractivity contribution in [3.05, 3.63) is 95.0 Å². The van der Waals surface area contributed by atoms with Gasteiger partial charge in [-0.3, -0.25) is 0 Å². The molecule has 6 rings (SSSR count). The lowest BCUT2D eigenvalue weighted by Gasteiger charge is -2.30. The van der Waals surface area contributed by atoms with E-state index in [0.29, 0.717) is 16.3 Å². The summed E-state index contributed by atoms with van der Waals surface area (Å²) in [7, 11) is 0. The molecule has 5 heteroatoms. The van der Waals surface area contributed by atoms with Crippen molar-refractivity contribution in [2.24, 2.45) is 0 Å². The molecule has 29 heavy (non-hydrogen) atoms. The van der Waals surface area contributed by atoms with Crippen molar-refractivity contribution in [3.8, 4) is 11.8 Å². The molecule has 3 aromatic carbocycles. The van der Waals surface area contributed by atoms with Crippen LogP contribution in [-0.4, -0.2) is 5.10 Å². The first-order chi connectivity index (χ1) is 14.2. The summed E-state index contributed by atoms with van der Waals surface area (Å²) < 4.78 is 8.72. The molecule has 1 fully saturated rings. The van der Waals surface area contributed by atoms with Crippen molar-refractivity contribution in [2.45, 2.75) is 24.0 Å². The fourth-order valence-corrected chi connectivity index (χ4v) is 4.93. The van der Waals surface area contributed by atoms with Crippen molar-refractivity contribution in [1.82, 2.24) is 5.10 Å². The van der Waals surface area contributed by atoms with Crippen molar-refractivity contribution in [1.29, 1.82) is 0 Å². The van der Waals surface area contributed by atoms with Crippen LogP contribution in [-0.2, 0) is 11.1 Å². The number of ether oxygens (including phenoxy) is 1. The molecule has 1 saturated carbocycles. The first-order valence-electron chi connectivity index (χ1n) is 9.69. The molecule has 0 N–H and O–H groups in total. The van der Waals surface area contributed by atoms with Gasteiger partial charge in [-0.05, 0) is 28.0 Å². The minimum Gasteiger partial charge on any atom is -0.854 e. The van der Waals surface area contributed by atoms with Gasteiger partial charge in [0.05, 0.1) is 11.3 Å². The van der Waals surface area contributed by atoms with E-state index in [1.165, 1.54) is 0 Å². The van der Waals surface area contributed by atoms with Crippen LogP contribution in [0.4, 0.5) is 0 Å². The van der Waals surface area contributed by atoms with E-state index in [2.05, 4.69) is 17.2 Å². The molecule has 2 heterocycles. The Bertz CT molecular complexity index is 1250. The zero-order valence-electron chi connectivity index (χ0n) is 15.5. The second kappa shape index (κ2) is 5.71. The fourth-order valence-electron chi connectivity index (χ4n) is 4.80. The van der Waals surface area contributed by atoms with Gasteiger partial charge in [0, 0.05) is 34.4 Å². The summed E-state index contributed by atoms with van der Waals surface area (Å²) in [6, 6.07) is 25.5. The van der Waals surface area contributed by atoms with Gasteiger partial charge in [-0.25, -0.2) is 0 Å². The van der Waals surface area contributed by atoms with Crippen LogP contribution in [0.15, 0.2) is 78.9 Å². The van der Waals surface area contributed by atoms with E-state index < -0.39 is 11.1 Å². The number of rotatable bonds is 2. The zero-order chi connectivity index (χ0) is 19.6. The maximum atomic E-state index is 12.8. The Morgan fingerprint density at radius 1 is 0.828 bits per heavy atom. The summed E-state index contributed by atoms with van der Waals surface area (Å²) in [6.45, 7) is 0. The maximum absolute atomic E-state index is 12.8. The summed E-state index contributed by atoms with van der Waals surface area (Å²) in [5, 5.41) is 19.3. The minimum atomic E-state index is -0.768. The molecule has 1 aliphatic carbocycles. The largest absolute Gasteiger partial charge is 0.854 e. The number of aromatic nitrogens is 2. The zero-order valence-corrected chi connectivity index (χ0v) is 16.3. The Labute approximate surface area is 173 Å². The lowest BCUT2D eigenvalue weighted by atomic mass is 9.78. The molecule has 4 nitrogen and oxygen atoms in total. The summed E-state index contributed by atoms with van der Waals surface area (Å²) in [6.07, 6.45) is 1.76. The number of benzene rings is 3. The highest BCUT2D eigenvalue weighted by Crippen LogP contribution is 2.62. The molecule has 0 saturated heterocycles. The minimum absolute atomic E-state index is 0.223. The molecule has 0 bridgehead atoms. The van der Waals surface area contributed by atoms with Gasteiger partial charge < -0.3 is 9.84 Å². The Balaban J connectivity index is 1.70. The highest BCUT2D eigenvalue weighted by Gasteiger charge is 2.78. The first kappa shape index (κ1) is 16.8. The molecule has 142 valence electrons. The second-order valence-corrected chi connectivity index (χ2v) is 8.19. The molecule has 4 aromatic rings. The van der Waals surface area contributed by atoms with Gasteiger partial charge in [-0.15, -0.1) is 0 Å². The van der Waals surface area contributed by atoms with Crippen LogP contribution >= 0.6 is 11.6 Å².